The van der Waals surface area contributed by atoms with Crippen LogP contribution in [-0.2, 0) is 11.2 Å². The Morgan fingerprint density at radius 2 is 1.90 bits per heavy atom. The number of fused-ring (bicyclic) bond motifs is 3. The molecule has 0 N–H and O–H groups in total. The Morgan fingerprint density at radius 1 is 1.17 bits per heavy atom. The monoisotopic (exact) mass is 441 g/mol. The minimum Gasteiger partial charge on any atom is -0.431 e. The van der Waals surface area contributed by atoms with Crippen LogP contribution in [0.25, 0.3) is 10.2 Å². The molecule has 3 aromatic rings. The van der Waals surface area contributed by atoms with Crippen LogP contribution in [0.5, 0.6) is 10.9 Å². The summed E-state index contributed by atoms with van der Waals surface area (Å²) in [5.74, 6) is 0.998. The zero-order valence-corrected chi connectivity index (χ0v) is 18.5. The van der Waals surface area contributed by atoms with Crippen LogP contribution in [0.1, 0.15) is 25.3 Å². The summed E-state index contributed by atoms with van der Waals surface area (Å²) >= 11 is 7.55. The molecule has 2 aliphatic heterocycles. The molecule has 30 heavy (non-hydrogen) atoms. The average molecular weight is 442 g/mol. The van der Waals surface area contributed by atoms with Crippen molar-refractivity contribution in [2.45, 2.75) is 38.3 Å². The van der Waals surface area contributed by atoms with E-state index in [9.17, 15) is 4.79 Å². The lowest BCUT2D eigenvalue weighted by atomic mass is 10.1. The number of thiazole rings is 1. The van der Waals surface area contributed by atoms with Crippen molar-refractivity contribution in [1.29, 1.82) is 0 Å². The lowest BCUT2D eigenvalue weighted by Gasteiger charge is -2.40. The van der Waals surface area contributed by atoms with Crippen molar-refractivity contribution >= 4 is 39.1 Å². The molecule has 2 bridgehead atoms. The number of ether oxygens (including phenoxy) is 1. The Labute approximate surface area is 185 Å². The Bertz CT molecular complexity index is 1050. The number of nitrogens with zero attached hydrogens (tertiary/aromatic N) is 3. The molecule has 156 valence electrons. The van der Waals surface area contributed by atoms with E-state index >= 15 is 0 Å². The molecule has 0 unspecified atom stereocenters. The molecule has 2 aromatic carbocycles. The maximum absolute atomic E-state index is 11.7. The van der Waals surface area contributed by atoms with Crippen LogP contribution in [0, 0.1) is 0 Å². The fraction of sp³-hybridized carbons (Fsp3) is 0.391. The number of hydrogen-bond donors (Lipinski definition) is 0. The molecule has 2 fully saturated rings. The third-order valence-electron chi connectivity index (χ3n) is 6.20. The van der Waals surface area contributed by atoms with Crippen LogP contribution in [0.2, 0.25) is 5.02 Å². The van der Waals surface area contributed by atoms with Crippen molar-refractivity contribution in [2.75, 3.05) is 19.6 Å². The predicted octanol–water partition coefficient (Wildman–Crippen LogP) is 4.98. The van der Waals surface area contributed by atoms with E-state index in [0.29, 0.717) is 22.3 Å². The first-order valence-electron chi connectivity index (χ1n) is 10.4. The highest BCUT2D eigenvalue weighted by Crippen LogP contribution is 2.33. The highest BCUT2D eigenvalue weighted by atomic mass is 35.5. The van der Waals surface area contributed by atoms with Gasteiger partial charge in [-0.25, -0.2) is 4.98 Å². The van der Waals surface area contributed by atoms with Gasteiger partial charge < -0.3 is 9.64 Å². The van der Waals surface area contributed by atoms with Gasteiger partial charge in [0.2, 0.25) is 5.91 Å². The highest BCUT2D eigenvalue weighted by molar-refractivity contribution is 7.20. The van der Waals surface area contributed by atoms with Crippen molar-refractivity contribution in [3.05, 3.63) is 53.1 Å². The third-order valence-corrected chi connectivity index (χ3v) is 7.33. The van der Waals surface area contributed by atoms with Crippen molar-refractivity contribution < 1.29 is 9.53 Å². The number of hydrogen-bond acceptors (Lipinski definition) is 5. The van der Waals surface area contributed by atoms with Crippen LogP contribution in [-0.4, -0.2) is 52.4 Å². The van der Waals surface area contributed by atoms with Gasteiger partial charge in [-0.1, -0.05) is 35.1 Å². The van der Waals surface area contributed by atoms with Gasteiger partial charge in [-0.3, -0.25) is 9.69 Å². The maximum atomic E-state index is 11.7. The summed E-state index contributed by atoms with van der Waals surface area (Å²) in [7, 11) is 0. The van der Waals surface area contributed by atoms with Gasteiger partial charge in [-0.15, -0.1) is 0 Å². The van der Waals surface area contributed by atoms with E-state index in [4.69, 9.17) is 16.3 Å². The molecule has 2 aliphatic rings. The second kappa shape index (κ2) is 8.17. The van der Waals surface area contributed by atoms with Gasteiger partial charge in [0.1, 0.15) is 5.75 Å². The first-order valence-corrected chi connectivity index (χ1v) is 11.6. The lowest BCUT2D eigenvalue weighted by Crippen LogP contribution is -2.55. The number of piperazine rings is 1. The van der Waals surface area contributed by atoms with E-state index in [1.54, 1.807) is 6.92 Å². The Hall–Kier alpha value is -2.15. The number of aromatic nitrogens is 1. The summed E-state index contributed by atoms with van der Waals surface area (Å²) < 4.78 is 6.97. The summed E-state index contributed by atoms with van der Waals surface area (Å²) in [6.07, 6.45) is 3.41. The normalized spacial score (nSPS) is 21.3. The van der Waals surface area contributed by atoms with Gasteiger partial charge >= 0.3 is 0 Å². The molecule has 0 radical (unpaired) electrons. The van der Waals surface area contributed by atoms with Crippen molar-refractivity contribution in [3.8, 4) is 10.9 Å². The summed E-state index contributed by atoms with van der Waals surface area (Å²) in [5.41, 5.74) is 2.20. The van der Waals surface area contributed by atoms with E-state index in [1.807, 2.05) is 35.2 Å². The fourth-order valence-electron chi connectivity index (χ4n) is 4.62. The predicted molar refractivity (Wildman–Crippen MR) is 121 cm³/mol. The molecule has 1 amide bonds. The molecule has 3 heterocycles. The number of likely N-dealkylation sites (tertiary alicyclic amines) is 1. The number of halogens is 1. The van der Waals surface area contributed by atoms with Crippen LogP contribution in [0.3, 0.4) is 0 Å². The summed E-state index contributed by atoms with van der Waals surface area (Å²) in [4.78, 5) is 20.9. The van der Waals surface area contributed by atoms with Gasteiger partial charge in [0, 0.05) is 43.7 Å². The van der Waals surface area contributed by atoms with Gasteiger partial charge in [0.25, 0.3) is 5.19 Å². The van der Waals surface area contributed by atoms with Gasteiger partial charge in [-0.05, 0) is 55.2 Å². The Morgan fingerprint density at radius 3 is 2.60 bits per heavy atom. The molecular formula is C23H24ClN3O2S. The molecule has 0 saturated carbocycles. The molecule has 5 nitrogen and oxygen atoms in total. The first kappa shape index (κ1) is 19.8. The van der Waals surface area contributed by atoms with Crippen molar-refractivity contribution in [1.82, 2.24) is 14.8 Å². The highest BCUT2D eigenvalue weighted by Gasteiger charge is 2.40. The standard InChI is InChI=1S/C23H24ClN3O2S/c1-15(28)26-13-18-5-6-19(14-26)27(18)11-10-16-2-7-20(8-3-16)29-23-25-21-9-4-17(24)12-22(21)30-23/h2-4,7-9,12,18-19H,5-6,10-11,13-14H2,1H3/t18-,19+. The second-order valence-corrected chi connectivity index (χ2v) is 9.56. The molecule has 2 saturated heterocycles. The number of carbonyl (C=O) groups excluding carboxylic acids is 1. The van der Waals surface area contributed by atoms with E-state index in [0.717, 1.165) is 42.0 Å². The maximum Gasteiger partial charge on any atom is 0.279 e. The van der Waals surface area contributed by atoms with Crippen LogP contribution >= 0.6 is 22.9 Å². The zero-order valence-electron chi connectivity index (χ0n) is 16.9. The molecule has 2 atom stereocenters. The number of amides is 1. The second-order valence-electron chi connectivity index (χ2n) is 8.13. The van der Waals surface area contributed by atoms with Gasteiger partial charge in [-0.2, -0.15) is 0 Å². The van der Waals surface area contributed by atoms with Crippen molar-refractivity contribution in [3.63, 3.8) is 0 Å². The van der Waals surface area contributed by atoms with E-state index in [2.05, 4.69) is 22.0 Å². The smallest absolute Gasteiger partial charge is 0.279 e. The van der Waals surface area contributed by atoms with Gasteiger partial charge in [0.15, 0.2) is 0 Å². The third kappa shape index (κ3) is 4.04. The topological polar surface area (TPSA) is 45.7 Å². The fourth-order valence-corrected chi connectivity index (χ4v) is 5.73. The molecule has 0 spiro atoms. The van der Waals surface area contributed by atoms with E-state index in [-0.39, 0.29) is 5.91 Å². The minimum atomic E-state index is 0.207. The molecule has 0 aliphatic carbocycles. The summed E-state index contributed by atoms with van der Waals surface area (Å²) in [5, 5.41) is 1.33. The summed E-state index contributed by atoms with van der Waals surface area (Å²) in [6, 6.07) is 15.0. The largest absolute Gasteiger partial charge is 0.431 e. The average Bonchev–Trinajstić information content (AvgIpc) is 3.22. The SMILES string of the molecule is CC(=O)N1C[C@H]2CC[C@@H](C1)N2CCc1ccc(Oc2nc3ccc(Cl)cc3s2)cc1. The molecular weight excluding hydrogens is 418 g/mol. The van der Waals surface area contributed by atoms with Crippen LogP contribution in [0.4, 0.5) is 0 Å². The zero-order chi connectivity index (χ0) is 20.7. The van der Waals surface area contributed by atoms with Crippen LogP contribution < -0.4 is 4.74 Å². The quantitative estimate of drug-likeness (QED) is 0.560. The molecule has 1 aromatic heterocycles. The summed E-state index contributed by atoms with van der Waals surface area (Å²) in [6.45, 7) is 4.49. The van der Waals surface area contributed by atoms with Crippen molar-refractivity contribution in [2.24, 2.45) is 0 Å². The minimum absolute atomic E-state index is 0.207. The number of rotatable bonds is 5. The Kier molecular flexibility index (Phi) is 5.39. The first-order chi connectivity index (χ1) is 14.5. The van der Waals surface area contributed by atoms with Gasteiger partial charge in [0.05, 0.1) is 10.2 Å². The van der Waals surface area contributed by atoms with Crippen LogP contribution in [0.15, 0.2) is 42.5 Å². The number of benzene rings is 2. The molecule has 7 heteroatoms. The van der Waals surface area contributed by atoms with E-state index < -0.39 is 0 Å². The Balaban J connectivity index is 1.19. The number of carbonyl (C=O) groups is 1. The lowest BCUT2D eigenvalue weighted by molar-refractivity contribution is -0.132. The molecule has 5 rings (SSSR count). The van der Waals surface area contributed by atoms with E-state index in [1.165, 1.54) is 29.7 Å².